The predicted octanol–water partition coefficient (Wildman–Crippen LogP) is 0.124. The molecular formula is C53H63N5O18. The zero-order chi connectivity index (χ0) is 55.7. The van der Waals surface area contributed by atoms with E-state index in [2.05, 4.69) is 16.0 Å². The van der Waals surface area contributed by atoms with Crippen LogP contribution in [0, 0.1) is 5.92 Å². The number of aliphatic hydroxyl groups is 3. The van der Waals surface area contributed by atoms with Crippen LogP contribution in [0.4, 0.5) is 0 Å². The summed E-state index contributed by atoms with van der Waals surface area (Å²) in [5.74, 6) is -8.88. The molecule has 7 rings (SSSR count). The molecule has 9 atom stereocenters. The number of nitrogens with one attached hydrogen (secondary N) is 3. The van der Waals surface area contributed by atoms with E-state index in [1.54, 1.807) is 38.1 Å². The third kappa shape index (κ3) is 11.3. The Hall–Kier alpha value is -7.31. The lowest BCUT2D eigenvalue weighted by molar-refractivity contribution is -0.249. The number of aliphatic hydroxyl groups excluding tert-OH is 2. The number of phenols is 2. The molecule has 0 radical (unpaired) electrons. The van der Waals surface area contributed by atoms with Crippen LogP contribution in [0.3, 0.4) is 0 Å². The SMILES string of the molecule is COc1cccc2c1C(=O)c1c(O)c3c(c(O)c1C2=O)C[C@@](O)(C(=O)CO)C[C@@H]3O[C@H]1C[C@H](NC(=O)[C@@H]2CCCN2C(=O)CNC(=O)[C@H](C)NC(=O)[C@@H](C(C)C)N(C)C(=O)Cc2cccc(CC(=O)O)c2)[C@@H](O)[C@H](C)O1. The highest BCUT2D eigenvalue weighted by molar-refractivity contribution is 6.31. The monoisotopic (exact) mass is 1060 g/mol. The highest BCUT2D eigenvalue weighted by Gasteiger charge is 2.51. The van der Waals surface area contributed by atoms with Crippen LogP contribution in [0.5, 0.6) is 17.2 Å². The molecule has 23 nitrogen and oxygen atoms in total. The van der Waals surface area contributed by atoms with Gasteiger partial charge in [0.2, 0.25) is 35.3 Å². The molecule has 2 heterocycles. The number of nitrogens with zero attached hydrogens (tertiary/aromatic N) is 2. The first-order valence-electron chi connectivity index (χ1n) is 24.9. The maximum absolute atomic E-state index is 14.1. The minimum absolute atomic E-state index is 0.0184. The molecule has 0 spiro atoms. The standard InChI is InChI=1S/C53H63N5O18/c1-24(2)44(57(5)36(61)17-27-10-7-11-28(16-27)18-38(63)64)52(72)55-25(3)50(70)54-22-37(62)58-15-9-13-32(58)51(71)56-31-19-39(75-26(4)45(31)65)76-34-21-53(73,35(60)23-59)20-30-41(34)49(69)43-42(47(30)67)46(66)29-12-8-14-33(74-6)40(29)48(43)68/h7-8,10-12,14,16,24-26,31-32,34,39,44-45,59,65,67,69,73H,9,13,15,17-23H2,1-6H3,(H,54,70)(H,55,72)(H,56,71)(H,63,64)/t25-,26-,31-,32-,34-,39-,44+,45-,53-/m0/s1. The van der Waals surface area contributed by atoms with Crippen molar-refractivity contribution in [2.75, 3.05) is 33.9 Å². The number of carboxylic acids is 1. The summed E-state index contributed by atoms with van der Waals surface area (Å²) in [6, 6.07) is 6.45. The maximum atomic E-state index is 14.1. The molecule has 9 N–H and O–H groups in total. The molecule has 23 heteroatoms. The number of benzene rings is 3. The topological polar surface area (TPSA) is 345 Å². The largest absolute Gasteiger partial charge is 0.507 e. The van der Waals surface area contributed by atoms with Crippen molar-refractivity contribution >= 4 is 52.9 Å². The normalized spacial score (nSPS) is 23.6. The Kier molecular flexibility index (Phi) is 17.0. The summed E-state index contributed by atoms with van der Waals surface area (Å²) in [5, 5.41) is 73.5. The second-order valence-electron chi connectivity index (χ2n) is 20.1. The third-order valence-corrected chi connectivity index (χ3v) is 14.5. The molecule has 0 bridgehead atoms. The van der Waals surface area contributed by atoms with Crippen molar-refractivity contribution in [3.63, 3.8) is 0 Å². The summed E-state index contributed by atoms with van der Waals surface area (Å²) in [6.45, 7) is 4.77. The Balaban J connectivity index is 0.996. The van der Waals surface area contributed by atoms with Gasteiger partial charge in [-0.05, 0) is 49.8 Å². The van der Waals surface area contributed by atoms with E-state index < -0.39 is 162 Å². The van der Waals surface area contributed by atoms with Gasteiger partial charge in [0.15, 0.2) is 17.9 Å². The lowest BCUT2D eigenvalue weighted by Gasteiger charge is -2.43. The van der Waals surface area contributed by atoms with E-state index in [1.165, 1.54) is 56.0 Å². The molecule has 3 aromatic rings. The molecule has 4 aliphatic rings. The van der Waals surface area contributed by atoms with Gasteiger partial charge >= 0.3 is 5.97 Å². The van der Waals surface area contributed by atoms with E-state index in [-0.39, 0.29) is 60.2 Å². The van der Waals surface area contributed by atoms with Gasteiger partial charge in [-0.25, -0.2) is 0 Å². The van der Waals surface area contributed by atoms with Crippen molar-refractivity contribution in [3.8, 4) is 17.2 Å². The third-order valence-electron chi connectivity index (χ3n) is 14.5. The van der Waals surface area contributed by atoms with Gasteiger partial charge in [0, 0.05) is 49.5 Å². The van der Waals surface area contributed by atoms with Gasteiger partial charge in [0.05, 0.1) is 61.4 Å². The Morgan fingerprint density at radius 2 is 1.61 bits per heavy atom. The molecule has 2 aliphatic heterocycles. The molecule has 3 aromatic carbocycles. The first-order chi connectivity index (χ1) is 35.9. The quantitative estimate of drug-likeness (QED) is 0.0598. The Morgan fingerprint density at radius 1 is 0.934 bits per heavy atom. The van der Waals surface area contributed by atoms with E-state index in [0.717, 1.165) is 0 Å². The van der Waals surface area contributed by atoms with Crippen LogP contribution < -0.4 is 20.7 Å². The van der Waals surface area contributed by atoms with E-state index in [4.69, 9.17) is 19.3 Å². The number of amides is 5. The van der Waals surface area contributed by atoms with Crippen LogP contribution in [0.15, 0.2) is 42.5 Å². The lowest BCUT2D eigenvalue weighted by atomic mass is 9.72. The number of hydrogen-bond donors (Lipinski definition) is 9. The number of carbonyl (C=O) groups excluding carboxylic acids is 8. The summed E-state index contributed by atoms with van der Waals surface area (Å²) in [7, 11) is 2.73. The Bertz CT molecular complexity index is 2850. The lowest BCUT2D eigenvalue weighted by Crippen LogP contribution is -2.59. The van der Waals surface area contributed by atoms with Gasteiger partial charge in [-0.2, -0.15) is 0 Å². The number of phenolic OH excluding ortho intramolecular Hbond substituents is 2. The van der Waals surface area contributed by atoms with Crippen LogP contribution in [0.25, 0.3) is 0 Å². The number of carbonyl (C=O) groups is 9. The van der Waals surface area contributed by atoms with E-state index in [1.807, 2.05) is 0 Å². The van der Waals surface area contributed by atoms with Crippen LogP contribution in [0.2, 0.25) is 0 Å². The summed E-state index contributed by atoms with van der Waals surface area (Å²) < 4.78 is 17.6. The average molecular weight is 1060 g/mol. The van der Waals surface area contributed by atoms with Crippen molar-refractivity contribution in [3.05, 3.63) is 87.0 Å². The molecule has 408 valence electrons. The van der Waals surface area contributed by atoms with Gasteiger partial charge in [-0.15, -0.1) is 0 Å². The van der Waals surface area contributed by atoms with Crippen LogP contribution in [-0.4, -0.2) is 175 Å². The predicted molar refractivity (Wildman–Crippen MR) is 264 cm³/mol. The number of carboxylic acid groups (broad SMARTS) is 1. The molecule has 2 aliphatic carbocycles. The van der Waals surface area contributed by atoms with Gasteiger partial charge < -0.3 is 70.6 Å². The summed E-state index contributed by atoms with van der Waals surface area (Å²) in [5.41, 5.74) is -3.39. The fourth-order valence-corrected chi connectivity index (χ4v) is 10.7. The van der Waals surface area contributed by atoms with Gasteiger partial charge in [0.25, 0.3) is 0 Å². The maximum Gasteiger partial charge on any atom is 0.307 e. The molecular weight excluding hydrogens is 995 g/mol. The average Bonchev–Trinajstić information content (AvgIpc) is 3.87. The van der Waals surface area contributed by atoms with Crippen molar-refractivity contribution in [1.82, 2.24) is 25.8 Å². The number of Topliss-reactive ketones (excluding diaryl/α,β-unsaturated/α-hetero) is 1. The summed E-state index contributed by atoms with van der Waals surface area (Å²) in [6.07, 6.45) is -6.71. The van der Waals surface area contributed by atoms with Crippen molar-refractivity contribution in [2.45, 2.75) is 127 Å². The smallest absolute Gasteiger partial charge is 0.307 e. The molecule has 2 fully saturated rings. The molecule has 5 amide bonds. The second kappa shape index (κ2) is 22.9. The van der Waals surface area contributed by atoms with Crippen LogP contribution in [-0.2, 0) is 62.3 Å². The first kappa shape index (κ1) is 56.4. The fraction of sp³-hybridized carbons (Fsp3) is 0.491. The van der Waals surface area contributed by atoms with Crippen molar-refractivity contribution < 1.29 is 88.0 Å². The number of fused-ring (bicyclic) bond motifs is 3. The van der Waals surface area contributed by atoms with Gasteiger partial charge in [-0.3, -0.25) is 43.2 Å². The number of ketones is 3. The molecule has 2 saturated heterocycles. The number of methoxy groups -OCH3 is 1. The molecule has 0 aromatic heterocycles. The zero-order valence-corrected chi connectivity index (χ0v) is 42.8. The number of ether oxygens (including phenoxy) is 3. The number of hydrogen-bond acceptors (Lipinski definition) is 17. The molecule has 0 unspecified atom stereocenters. The highest BCUT2D eigenvalue weighted by Crippen LogP contribution is 2.52. The molecule has 0 saturated carbocycles. The van der Waals surface area contributed by atoms with Crippen molar-refractivity contribution in [1.29, 1.82) is 0 Å². The number of likely N-dealkylation sites (N-methyl/N-ethyl adjacent to an activating group) is 1. The van der Waals surface area contributed by atoms with Crippen LogP contribution in [0.1, 0.15) is 114 Å². The van der Waals surface area contributed by atoms with Crippen molar-refractivity contribution in [2.24, 2.45) is 5.92 Å². The number of likely N-dealkylation sites (tertiary alicyclic amines) is 1. The van der Waals surface area contributed by atoms with E-state index >= 15 is 0 Å². The van der Waals surface area contributed by atoms with Gasteiger partial charge in [0.1, 0.15) is 53.7 Å². The Morgan fingerprint density at radius 3 is 2.26 bits per heavy atom. The van der Waals surface area contributed by atoms with E-state index in [0.29, 0.717) is 17.5 Å². The number of aliphatic carboxylic acids is 1. The highest BCUT2D eigenvalue weighted by atomic mass is 16.7. The fourth-order valence-electron chi connectivity index (χ4n) is 10.7. The Labute approximate surface area is 436 Å². The van der Waals surface area contributed by atoms with Crippen LogP contribution >= 0.6 is 0 Å². The second-order valence-corrected chi connectivity index (χ2v) is 20.1. The minimum atomic E-state index is -2.43. The summed E-state index contributed by atoms with van der Waals surface area (Å²) in [4.78, 5) is 123. The summed E-state index contributed by atoms with van der Waals surface area (Å²) >= 11 is 0. The zero-order valence-electron chi connectivity index (χ0n) is 42.8. The number of aromatic hydroxyl groups is 2. The minimum Gasteiger partial charge on any atom is -0.507 e. The number of rotatable bonds is 18. The first-order valence-corrected chi connectivity index (χ1v) is 24.9. The van der Waals surface area contributed by atoms with Gasteiger partial charge in [-0.1, -0.05) is 50.2 Å². The van der Waals surface area contributed by atoms with E-state index in [9.17, 15) is 68.7 Å². The molecule has 76 heavy (non-hydrogen) atoms.